The summed E-state index contributed by atoms with van der Waals surface area (Å²) in [5, 5.41) is 8.54. The third kappa shape index (κ3) is 13.4. The third-order valence-corrected chi connectivity index (χ3v) is 2.80. The smallest absolute Gasteiger partial charge is 0.305 e. The van der Waals surface area contributed by atoms with E-state index in [2.05, 4.69) is 6.92 Å². The van der Waals surface area contributed by atoms with E-state index in [9.17, 15) is 4.79 Å². The molecule has 0 spiro atoms. The van der Waals surface area contributed by atoms with Gasteiger partial charge in [-0.15, -0.1) is 0 Å². The van der Waals surface area contributed by atoms with Gasteiger partial charge in [0.25, 0.3) is 0 Å². The molecule has 0 saturated carbocycles. The molecule has 0 rings (SSSR count). The van der Waals surface area contributed by atoms with Crippen molar-refractivity contribution < 1.29 is 14.6 Å². The lowest BCUT2D eigenvalue weighted by Crippen LogP contribution is -2.06. The number of carbonyl (C=O) groups excluding carboxylic acids is 1. The summed E-state index contributed by atoms with van der Waals surface area (Å²) in [4.78, 5) is 11.1. The number of aliphatic hydroxyl groups excluding tert-OH is 1. The van der Waals surface area contributed by atoms with Gasteiger partial charge in [0.05, 0.1) is 6.61 Å². The number of rotatable bonds is 12. The number of hydrogen-bond acceptors (Lipinski definition) is 3. The van der Waals surface area contributed by atoms with Crippen molar-refractivity contribution in [3.8, 4) is 0 Å². The average Bonchev–Trinajstić information content (AvgIpc) is 2.34. The summed E-state index contributed by atoms with van der Waals surface area (Å²) in [5.74, 6) is -0.179. The lowest BCUT2D eigenvalue weighted by molar-refractivity contribution is -0.144. The van der Waals surface area contributed by atoms with Crippen LogP contribution >= 0.6 is 0 Å². The highest BCUT2D eigenvalue weighted by Gasteiger charge is 2.01. The Morgan fingerprint density at radius 3 is 2.12 bits per heavy atom. The first-order valence-electron chi connectivity index (χ1n) is 7.07. The zero-order valence-corrected chi connectivity index (χ0v) is 11.2. The molecule has 0 amide bonds. The van der Waals surface area contributed by atoms with Gasteiger partial charge in [-0.25, -0.2) is 0 Å². The Balaban J connectivity index is 3.05. The fraction of sp³-hybridized carbons (Fsp3) is 0.929. The van der Waals surface area contributed by atoms with Crippen molar-refractivity contribution in [1.29, 1.82) is 0 Å². The van der Waals surface area contributed by atoms with Gasteiger partial charge in [0.1, 0.15) is 0 Å². The molecule has 0 aromatic carbocycles. The number of carbonyl (C=O) groups is 1. The molecule has 0 saturated heterocycles. The quantitative estimate of drug-likeness (QED) is 0.422. The van der Waals surface area contributed by atoms with E-state index in [1.807, 2.05) is 0 Å². The first-order chi connectivity index (χ1) is 8.31. The van der Waals surface area contributed by atoms with Crippen LogP contribution in [-0.2, 0) is 9.53 Å². The van der Waals surface area contributed by atoms with Crippen molar-refractivity contribution in [2.75, 3.05) is 13.2 Å². The molecular weight excluding hydrogens is 216 g/mol. The molecule has 0 atom stereocenters. The minimum Gasteiger partial charge on any atom is -0.466 e. The molecule has 0 aliphatic carbocycles. The summed E-state index contributed by atoms with van der Waals surface area (Å²) in [6, 6.07) is 0. The molecule has 0 bridgehead atoms. The molecule has 0 aliphatic rings. The highest BCUT2D eigenvalue weighted by Crippen LogP contribution is 2.08. The SMILES string of the molecule is CCCCCCCCCCOC(=O)CCCO. The van der Waals surface area contributed by atoms with Crippen molar-refractivity contribution in [1.82, 2.24) is 0 Å². The van der Waals surface area contributed by atoms with Gasteiger partial charge in [-0.05, 0) is 12.8 Å². The average molecular weight is 244 g/mol. The molecule has 1 N–H and O–H groups in total. The normalized spacial score (nSPS) is 10.5. The first-order valence-corrected chi connectivity index (χ1v) is 7.07. The van der Waals surface area contributed by atoms with Gasteiger partial charge in [0.2, 0.25) is 0 Å². The summed E-state index contributed by atoms with van der Waals surface area (Å²) in [6.45, 7) is 2.83. The minimum absolute atomic E-state index is 0.0624. The predicted molar refractivity (Wildman–Crippen MR) is 69.9 cm³/mol. The van der Waals surface area contributed by atoms with Crippen LogP contribution in [-0.4, -0.2) is 24.3 Å². The van der Waals surface area contributed by atoms with Crippen LogP contribution in [0, 0.1) is 0 Å². The van der Waals surface area contributed by atoms with Gasteiger partial charge in [-0.1, -0.05) is 51.9 Å². The topological polar surface area (TPSA) is 46.5 Å². The van der Waals surface area contributed by atoms with Crippen LogP contribution in [0.2, 0.25) is 0 Å². The molecule has 0 aromatic heterocycles. The maximum Gasteiger partial charge on any atom is 0.305 e. The number of unbranched alkanes of at least 4 members (excludes halogenated alkanes) is 7. The Hall–Kier alpha value is -0.570. The lowest BCUT2D eigenvalue weighted by atomic mass is 10.1. The van der Waals surface area contributed by atoms with Crippen LogP contribution in [0.4, 0.5) is 0 Å². The summed E-state index contributed by atoms with van der Waals surface area (Å²) in [5.41, 5.74) is 0. The van der Waals surface area contributed by atoms with E-state index < -0.39 is 0 Å². The van der Waals surface area contributed by atoms with E-state index in [0.717, 1.165) is 12.8 Å². The largest absolute Gasteiger partial charge is 0.466 e. The van der Waals surface area contributed by atoms with Crippen LogP contribution in [0.15, 0.2) is 0 Å². The molecule has 17 heavy (non-hydrogen) atoms. The molecule has 102 valence electrons. The van der Waals surface area contributed by atoms with E-state index in [4.69, 9.17) is 9.84 Å². The van der Waals surface area contributed by atoms with Gasteiger partial charge in [0.15, 0.2) is 0 Å². The molecule has 0 aliphatic heterocycles. The van der Waals surface area contributed by atoms with Gasteiger partial charge in [-0.2, -0.15) is 0 Å². The van der Waals surface area contributed by atoms with Crippen LogP contribution < -0.4 is 0 Å². The van der Waals surface area contributed by atoms with E-state index in [0.29, 0.717) is 19.4 Å². The van der Waals surface area contributed by atoms with Gasteiger partial charge in [0, 0.05) is 13.0 Å². The Labute approximate surface area is 106 Å². The van der Waals surface area contributed by atoms with Crippen LogP contribution in [0.1, 0.15) is 71.1 Å². The van der Waals surface area contributed by atoms with E-state index in [1.165, 1.54) is 38.5 Å². The van der Waals surface area contributed by atoms with Crippen molar-refractivity contribution in [2.24, 2.45) is 0 Å². The fourth-order valence-electron chi connectivity index (χ4n) is 1.72. The molecule has 3 nitrogen and oxygen atoms in total. The second-order valence-electron chi connectivity index (χ2n) is 4.52. The van der Waals surface area contributed by atoms with Crippen LogP contribution in [0.3, 0.4) is 0 Å². The molecular formula is C14H28O3. The van der Waals surface area contributed by atoms with Crippen LogP contribution in [0.25, 0.3) is 0 Å². The van der Waals surface area contributed by atoms with E-state index in [-0.39, 0.29) is 12.6 Å². The monoisotopic (exact) mass is 244 g/mol. The zero-order valence-electron chi connectivity index (χ0n) is 11.2. The lowest BCUT2D eigenvalue weighted by Gasteiger charge is -2.04. The zero-order chi connectivity index (χ0) is 12.8. The highest BCUT2D eigenvalue weighted by molar-refractivity contribution is 5.69. The Kier molecular flexibility index (Phi) is 13.0. The summed E-state index contributed by atoms with van der Waals surface area (Å²) < 4.78 is 5.04. The second-order valence-corrected chi connectivity index (χ2v) is 4.52. The van der Waals surface area contributed by atoms with Crippen molar-refractivity contribution in [3.05, 3.63) is 0 Å². The second kappa shape index (κ2) is 13.5. The molecule has 0 aromatic rings. The van der Waals surface area contributed by atoms with Gasteiger partial charge in [-0.3, -0.25) is 4.79 Å². The number of aliphatic hydroxyl groups is 1. The maximum atomic E-state index is 11.1. The first kappa shape index (κ1) is 16.4. The fourth-order valence-corrected chi connectivity index (χ4v) is 1.72. The molecule has 0 radical (unpaired) electrons. The van der Waals surface area contributed by atoms with Gasteiger partial charge < -0.3 is 9.84 Å². The third-order valence-electron chi connectivity index (χ3n) is 2.80. The summed E-state index contributed by atoms with van der Waals surface area (Å²) in [7, 11) is 0. The van der Waals surface area contributed by atoms with Crippen molar-refractivity contribution in [2.45, 2.75) is 71.1 Å². The number of ether oxygens (including phenoxy) is 1. The van der Waals surface area contributed by atoms with Crippen molar-refractivity contribution >= 4 is 5.97 Å². The summed E-state index contributed by atoms with van der Waals surface area (Å²) >= 11 is 0. The summed E-state index contributed by atoms with van der Waals surface area (Å²) in [6.07, 6.45) is 10.9. The molecule has 0 fully saturated rings. The number of hydrogen-bond donors (Lipinski definition) is 1. The predicted octanol–water partition coefficient (Wildman–Crippen LogP) is 3.44. The van der Waals surface area contributed by atoms with E-state index in [1.54, 1.807) is 0 Å². The Morgan fingerprint density at radius 1 is 0.941 bits per heavy atom. The Bertz CT molecular complexity index is 169. The molecule has 3 heteroatoms. The molecule has 0 heterocycles. The number of esters is 1. The van der Waals surface area contributed by atoms with Gasteiger partial charge >= 0.3 is 5.97 Å². The highest BCUT2D eigenvalue weighted by atomic mass is 16.5. The minimum atomic E-state index is -0.179. The standard InChI is InChI=1S/C14H28O3/c1-2-3-4-5-6-7-8-9-13-17-14(16)11-10-12-15/h15H,2-13H2,1H3. The van der Waals surface area contributed by atoms with Crippen molar-refractivity contribution in [3.63, 3.8) is 0 Å². The maximum absolute atomic E-state index is 11.1. The molecule has 0 unspecified atom stereocenters. The van der Waals surface area contributed by atoms with E-state index >= 15 is 0 Å². The van der Waals surface area contributed by atoms with Crippen LogP contribution in [0.5, 0.6) is 0 Å². The Morgan fingerprint density at radius 2 is 1.53 bits per heavy atom.